The van der Waals surface area contributed by atoms with E-state index in [1.54, 1.807) is 31.2 Å². The van der Waals surface area contributed by atoms with Crippen LogP contribution in [0.3, 0.4) is 0 Å². The fourth-order valence-electron chi connectivity index (χ4n) is 2.72. The zero-order valence-corrected chi connectivity index (χ0v) is 18.5. The van der Waals surface area contributed by atoms with Gasteiger partial charge >= 0.3 is 0 Å². The lowest BCUT2D eigenvalue weighted by atomic mass is 9.87. The van der Waals surface area contributed by atoms with Gasteiger partial charge in [-0.05, 0) is 61.2 Å². The Kier molecular flexibility index (Phi) is 6.41. The van der Waals surface area contributed by atoms with Gasteiger partial charge in [-0.25, -0.2) is 0 Å². The highest BCUT2D eigenvalue weighted by Gasteiger charge is 2.19. The van der Waals surface area contributed by atoms with Crippen LogP contribution in [0, 0.1) is 0 Å². The molecule has 0 saturated carbocycles. The minimum absolute atomic E-state index is 0.0166. The van der Waals surface area contributed by atoms with E-state index in [0.717, 1.165) is 5.56 Å². The van der Waals surface area contributed by atoms with Crippen LogP contribution in [0.1, 0.15) is 50.5 Å². The molecule has 1 atom stereocenters. The third-order valence-corrected chi connectivity index (χ3v) is 5.54. The number of anilines is 1. The molecule has 0 saturated heterocycles. The van der Waals surface area contributed by atoms with E-state index in [2.05, 4.69) is 48.4 Å². The van der Waals surface area contributed by atoms with Crippen molar-refractivity contribution >= 4 is 29.1 Å². The molecule has 0 aliphatic carbocycles. The second kappa shape index (κ2) is 8.83. The van der Waals surface area contributed by atoms with E-state index in [9.17, 15) is 9.59 Å². The first kappa shape index (κ1) is 21.8. The summed E-state index contributed by atoms with van der Waals surface area (Å²) in [5, 5.41) is 10.9. The summed E-state index contributed by atoms with van der Waals surface area (Å²) in [6, 6.07) is 14.8. The summed E-state index contributed by atoms with van der Waals surface area (Å²) in [4.78, 5) is 23.8. The zero-order valence-electron chi connectivity index (χ0n) is 17.7. The van der Waals surface area contributed by atoms with Crippen LogP contribution in [0.2, 0.25) is 0 Å². The van der Waals surface area contributed by atoms with Crippen molar-refractivity contribution < 1.29 is 14.0 Å². The van der Waals surface area contributed by atoms with Crippen molar-refractivity contribution in [2.24, 2.45) is 0 Å². The lowest BCUT2D eigenvalue weighted by molar-refractivity contribution is -0.115. The Labute approximate surface area is 180 Å². The van der Waals surface area contributed by atoms with Crippen molar-refractivity contribution in [3.05, 3.63) is 59.7 Å². The zero-order chi connectivity index (χ0) is 21.9. The van der Waals surface area contributed by atoms with Gasteiger partial charge in [0.2, 0.25) is 11.8 Å². The van der Waals surface area contributed by atoms with Gasteiger partial charge in [-0.15, -0.1) is 10.2 Å². The lowest BCUT2D eigenvalue weighted by Gasteiger charge is -2.18. The van der Waals surface area contributed by atoms with Crippen molar-refractivity contribution in [1.82, 2.24) is 10.2 Å². The summed E-state index contributed by atoms with van der Waals surface area (Å²) in [6.45, 7) is 9.75. The maximum atomic E-state index is 12.5. The van der Waals surface area contributed by atoms with Crippen molar-refractivity contribution in [2.45, 2.75) is 50.5 Å². The van der Waals surface area contributed by atoms with Gasteiger partial charge < -0.3 is 9.73 Å². The maximum absolute atomic E-state index is 12.5. The summed E-state index contributed by atoms with van der Waals surface area (Å²) < 4.78 is 5.73. The maximum Gasteiger partial charge on any atom is 0.277 e. The standard InChI is InChI=1S/C23H25N3O3S/c1-14(27)16-8-12-19(13-9-16)24-20(28)15(2)30-22-26-25-21(29-22)17-6-10-18(11-7-17)23(3,4)5/h6-13,15H,1-5H3,(H,24,28)/t15-/m1/s1. The van der Waals surface area contributed by atoms with Crippen LogP contribution in [0.15, 0.2) is 58.2 Å². The Morgan fingerprint density at radius 3 is 2.20 bits per heavy atom. The smallest absolute Gasteiger partial charge is 0.277 e. The van der Waals surface area contributed by atoms with E-state index in [1.807, 2.05) is 12.1 Å². The molecule has 0 radical (unpaired) electrons. The monoisotopic (exact) mass is 423 g/mol. The second-order valence-corrected chi connectivity index (χ2v) is 9.38. The van der Waals surface area contributed by atoms with Crippen LogP contribution in [0.25, 0.3) is 11.5 Å². The number of ketones is 1. The molecule has 0 aliphatic heterocycles. The van der Waals surface area contributed by atoms with Crippen molar-refractivity contribution in [3.63, 3.8) is 0 Å². The SMILES string of the molecule is CC(=O)c1ccc(NC(=O)[C@@H](C)Sc2nnc(-c3ccc(C(C)(C)C)cc3)o2)cc1. The minimum Gasteiger partial charge on any atom is -0.411 e. The van der Waals surface area contributed by atoms with E-state index in [0.29, 0.717) is 22.4 Å². The predicted octanol–water partition coefficient (Wildman–Crippen LogP) is 5.36. The number of thioether (sulfide) groups is 1. The second-order valence-electron chi connectivity index (χ2n) is 8.08. The van der Waals surface area contributed by atoms with E-state index in [4.69, 9.17) is 4.42 Å². The van der Waals surface area contributed by atoms with Gasteiger partial charge in [-0.2, -0.15) is 0 Å². The van der Waals surface area contributed by atoms with Crippen LogP contribution < -0.4 is 5.32 Å². The highest BCUT2D eigenvalue weighted by Crippen LogP contribution is 2.29. The lowest BCUT2D eigenvalue weighted by Crippen LogP contribution is -2.22. The molecule has 1 N–H and O–H groups in total. The van der Waals surface area contributed by atoms with Gasteiger partial charge in [0.05, 0.1) is 5.25 Å². The first-order chi connectivity index (χ1) is 14.1. The summed E-state index contributed by atoms with van der Waals surface area (Å²) in [7, 11) is 0. The van der Waals surface area contributed by atoms with E-state index < -0.39 is 5.25 Å². The molecule has 2 aromatic carbocycles. The topological polar surface area (TPSA) is 85.1 Å². The van der Waals surface area contributed by atoms with Crippen LogP contribution in [0.5, 0.6) is 0 Å². The van der Waals surface area contributed by atoms with Crippen molar-refractivity contribution in [3.8, 4) is 11.5 Å². The molecule has 0 spiro atoms. The molecule has 6 nitrogen and oxygen atoms in total. The van der Waals surface area contributed by atoms with Crippen LogP contribution in [-0.4, -0.2) is 27.1 Å². The van der Waals surface area contributed by atoms with Crippen molar-refractivity contribution in [1.29, 1.82) is 0 Å². The van der Waals surface area contributed by atoms with Crippen molar-refractivity contribution in [2.75, 3.05) is 5.32 Å². The number of hydrogen-bond donors (Lipinski definition) is 1. The molecule has 0 fully saturated rings. The quantitative estimate of drug-likeness (QED) is 0.425. The first-order valence-corrected chi connectivity index (χ1v) is 10.5. The Bertz CT molecular complexity index is 1030. The number of rotatable bonds is 6. The van der Waals surface area contributed by atoms with Crippen LogP contribution >= 0.6 is 11.8 Å². The molecular weight excluding hydrogens is 398 g/mol. The average Bonchev–Trinajstić information content (AvgIpc) is 3.16. The number of benzene rings is 2. The Hall–Kier alpha value is -2.93. The van der Waals surface area contributed by atoms with Crippen LogP contribution in [0.4, 0.5) is 5.69 Å². The van der Waals surface area contributed by atoms with Gasteiger partial charge in [0.25, 0.3) is 5.22 Å². The van der Waals surface area contributed by atoms with E-state index in [1.165, 1.54) is 24.2 Å². The summed E-state index contributed by atoms with van der Waals surface area (Å²) in [5.74, 6) is 0.215. The molecule has 1 aromatic heterocycles. The third-order valence-electron chi connectivity index (χ3n) is 4.61. The van der Waals surface area contributed by atoms with Gasteiger partial charge in [0.1, 0.15) is 0 Å². The molecule has 156 valence electrons. The van der Waals surface area contributed by atoms with Crippen LogP contribution in [-0.2, 0) is 10.2 Å². The molecule has 3 aromatic rings. The van der Waals surface area contributed by atoms with E-state index >= 15 is 0 Å². The molecule has 30 heavy (non-hydrogen) atoms. The molecular formula is C23H25N3O3S. The molecule has 7 heteroatoms. The van der Waals surface area contributed by atoms with Gasteiger partial charge in [-0.3, -0.25) is 9.59 Å². The number of carbonyl (C=O) groups is 2. The molecule has 3 rings (SSSR count). The molecule has 1 heterocycles. The fraction of sp³-hybridized carbons (Fsp3) is 0.304. The largest absolute Gasteiger partial charge is 0.411 e. The minimum atomic E-state index is -0.436. The summed E-state index contributed by atoms with van der Waals surface area (Å²) in [6.07, 6.45) is 0. The number of nitrogens with zero attached hydrogens (tertiary/aromatic N) is 2. The van der Waals surface area contributed by atoms with E-state index in [-0.39, 0.29) is 17.1 Å². The Morgan fingerprint density at radius 2 is 1.63 bits per heavy atom. The predicted molar refractivity (Wildman–Crippen MR) is 119 cm³/mol. The average molecular weight is 424 g/mol. The third kappa shape index (κ3) is 5.36. The summed E-state index contributed by atoms with van der Waals surface area (Å²) in [5.41, 5.74) is 3.36. The Balaban J connectivity index is 1.62. The summed E-state index contributed by atoms with van der Waals surface area (Å²) >= 11 is 1.20. The van der Waals surface area contributed by atoms with Gasteiger partial charge in [-0.1, -0.05) is 44.7 Å². The molecule has 1 amide bonds. The number of hydrogen-bond acceptors (Lipinski definition) is 6. The molecule has 0 unspecified atom stereocenters. The van der Waals surface area contributed by atoms with Gasteiger partial charge in [0.15, 0.2) is 5.78 Å². The number of nitrogens with one attached hydrogen (secondary N) is 1. The molecule has 0 bridgehead atoms. The number of amides is 1. The number of aromatic nitrogens is 2. The first-order valence-electron chi connectivity index (χ1n) is 9.66. The van der Waals surface area contributed by atoms with Gasteiger partial charge in [0, 0.05) is 16.8 Å². The highest BCUT2D eigenvalue weighted by molar-refractivity contribution is 8.00. The highest BCUT2D eigenvalue weighted by atomic mass is 32.2. The normalized spacial score (nSPS) is 12.4. The fourth-order valence-corrected chi connectivity index (χ4v) is 3.41. The number of Topliss-reactive ketones (excluding diaryl/α,β-unsaturated/α-hetero) is 1. The molecule has 0 aliphatic rings. The Morgan fingerprint density at radius 1 is 1.00 bits per heavy atom. The number of carbonyl (C=O) groups excluding carboxylic acids is 2.